The van der Waals surface area contributed by atoms with Gasteiger partial charge in [-0.2, -0.15) is 0 Å². The average Bonchev–Trinajstić information content (AvgIpc) is 3.25. The van der Waals surface area contributed by atoms with Gasteiger partial charge in [0.05, 0.1) is 12.3 Å². The van der Waals surface area contributed by atoms with Crippen molar-refractivity contribution in [3.63, 3.8) is 0 Å². The third kappa shape index (κ3) is 4.93. The van der Waals surface area contributed by atoms with Gasteiger partial charge in [0, 0.05) is 29.2 Å². The number of halogens is 1. The summed E-state index contributed by atoms with van der Waals surface area (Å²) in [6.07, 6.45) is 4.12. The normalized spacial score (nSPS) is 14.9. The van der Waals surface area contributed by atoms with Gasteiger partial charge in [-0.1, -0.05) is 24.3 Å². The van der Waals surface area contributed by atoms with Crippen molar-refractivity contribution < 1.29 is 23.5 Å². The van der Waals surface area contributed by atoms with Crippen LogP contribution in [0, 0.1) is 19.7 Å². The van der Waals surface area contributed by atoms with Gasteiger partial charge in [0.1, 0.15) is 17.1 Å². The molecule has 4 amide bonds. The molecule has 1 saturated heterocycles. The molecule has 3 aromatic carbocycles. The SMILES string of the molecule is Cc1ccc(OCCCn2cc(C=C3C(=O)NC(=O)N(c4ccc(F)cc4)C3=O)c3ccccc32)cc1C. The number of ether oxygens (including phenoxy) is 1. The highest BCUT2D eigenvalue weighted by molar-refractivity contribution is 6.39. The Morgan fingerprint density at radius 2 is 1.71 bits per heavy atom. The highest BCUT2D eigenvalue weighted by Crippen LogP contribution is 2.27. The standard InChI is InChI=1S/C30H26FN3O4/c1-19-8-13-24(16-20(19)2)38-15-5-14-33-18-21(25-6-3-4-7-27(25)33)17-26-28(35)32-30(37)34(29(26)36)23-11-9-22(31)10-12-23/h3-4,6-13,16-18H,5,14-15H2,1-2H3,(H,32,35,37). The zero-order valence-corrected chi connectivity index (χ0v) is 21.0. The highest BCUT2D eigenvalue weighted by atomic mass is 19.1. The molecular weight excluding hydrogens is 485 g/mol. The van der Waals surface area contributed by atoms with Crippen molar-refractivity contribution in [2.24, 2.45) is 0 Å². The van der Waals surface area contributed by atoms with Gasteiger partial charge in [-0.25, -0.2) is 14.1 Å². The van der Waals surface area contributed by atoms with Crippen LogP contribution in [0.4, 0.5) is 14.9 Å². The number of aromatic nitrogens is 1. The van der Waals surface area contributed by atoms with Crippen LogP contribution in [0.2, 0.25) is 0 Å². The monoisotopic (exact) mass is 511 g/mol. The Hall–Kier alpha value is -4.72. The van der Waals surface area contributed by atoms with Crippen LogP contribution in [0.5, 0.6) is 5.75 Å². The Morgan fingerprint density at radius 1 is 0.947 bits per heavy atom. The average molecular weight is 512 g/mol. The summed E-state index contributed by atoms with van der Waals surface area (Å²) in [7, 11) is 0. The Kier molecular flexibility index (Phi) is 6.79. The summed E-state index contributed by atoms with van der Waals surface area (Å²) in [5, 5.41) is 3.07. The zero-order valence-electron chi connectivity index (χ0n) is 21.0. The van der Waals surface area contributed by atoms with E-state index in [-0.39, 0.29) is 11.3 Å². The minimum absolute atomic E-state index is 0.165. The van der Waals surface area contributed by atoms with Crippen molar-refractivity contribution in [2.45, 2.75) is 26.8 Å². The minimum atomic E-state index is -0.880. The second-order valence-corrected chi connectivity index (χ2v) is 9.18. The molecule has 0 atom stereocenters. The van der Waals surface area contributed by atoms with Crippen LogP contribution in [0.1, 0.15) is 23.1 Å². The Balaban J connectivity index is 1.38. The first-order valence-electron chi connectivity index (χ1n) is 12.3. The van der Waals surface area contributed by atoms with Gasteiger partial charge in [0.25, 0.3) is 11.8 Å². The van der Waals surface area contributed by atoms with Crippen molar-refractivity contribution in [1.29, 1.82) is 0 Å². The number of aryl methyl sites for hydroxylation is 3. The maximum atomic E-state index is 13.4. The number of nitrogens with zero attached hydrogens (tertiary/aromatic N) is 2. The Labute approximate surface area is 219 Å². The van der Waals surface area contributed by atoms with Crippen molar-refractivity contribution in [3.8, 4) is 5.75 Å². The van der Waals surface area contributed by atoms with Crippen LogP contribution in [-0.4, -0.2) is 29.0 Å². The number of benzene rings is 3. The Morgan fingerprint density at radius 3 is 2.47 bits per heavy atom. The number of rotatable bonds is 7. The van der Waals surface area contributed by atoms with E-state index in [1.807, 2.05) is 48.7 Å². The fourth-order valence-corrected chi connectivity index (χ4v) is 4.44. The number of nitrogens with one attached hydrogen (secondary N) is 1. The first kappa shape index (κ1) is 25.0. The lowest BCUT2D eigenvalue weighted by Gasteiger charge is -2.26. The lowest BCUT2D eigenvalue weighted by atomic mass is 10.1. The number of carbonyl (C=O) groups is 3. The van der Waals surface area contributed by atoms with Crippen LogP contribution in [0.3, 0.4) is 0 Å². The predicted molar refractivity (Wildman–Crippen MR) is 143 cm³/mol. The summed E-state index contributed by atoms with van der Waals surface area (Å²) in [6.45, 7) is 5.30. The third-order valence-electron chi connectivity index (χ3n) is 6.60. The number of barbiturate groups is 1. The number of urea groups is 1. The fraction of sp³-hybridized carbons (Fsp3) is 0.167. The number of carbonyl (C=O) groups excluding carboxylic acids is 3. The molecule has 0 unspecified atom stereocenters. The summed E-state index contributed by atoms with van der Waals surface area (Å²) in [6, 6.07) is 17.8. The van der Waals surface area contributed by atoms with Gasteiger partial charge in [-0.3, -0.25) is 14.9 Å². The quantitative estimate of drug-likeness (QED) is 0.201. The van der Waals surface area contributed by atoms with E-state index in [0.717, 1.165) is 40.1 Å². The van der Waals surface area contributed by atoms with E-state index in [4.69, 9.17) is 4.74 Å². The molecule has 1 N–H and O–H groups in total. The molecule has 1 aliphatic heterocycles. The number of para-hydroxylation sites is 1. The van der Waals surface area contributed by atoms with Gasteiger partial charge in [0.2, 0.25) is 0 Å². The maximum Gasteiger partial charge on any atom is 0.335 e. The van der Waals surface area contributed by atoms with Crippen molar-refractivity contribution in [1.82, 2.24) is 9.88 Å². The molecule has 1 fully saturated rings. The molecule has 1 aliphatic rings. The molecule has 0 saturated carbocycles. The zero-order chi connectivity index (χ0) is 26.8. The smallest absolute Gasteiger partial charge is 0.335 e. The summed E-state index contributed by atoms with van der Waals surface area (Å²) in [5.41, 5.74) is 3.99. The number of fused-ring (bicyclic) bond motifs is 1. The summed E-state index contributed by atoms with van der Waals surface area (Å²) in [5.74, 6) is -1.23. The predicted octanol–water partition coefficient (Wildman–Crippen LogP) is 5.53. The van der Waals surface area contributed by atoms with Crippen molar-refractivity contribution in [3.05, 3.63) is 101 Å². The van der Waals surface area contributed by atoms with E-state index in [2.05, 4.69) is 23.7 Å². The third-order valence-corrected chi connectivity index (χ3v) is 6.60. The number of hydrogen-bond acceptors (Lipinski definition) is 4. The van der Waals surface area contributed by atoms with E-state index >= 15 is 0 Å². The van der Waals surface area contributed by atoms with Gasteiger partial charge >= 0.3 is 6.03 Å². The van der Waals surface area contributed by atoms with Crippen LogP contribution in [0.25, 0.3) is 17.0 Å². The van der Waals surface area contributed by atoms with E-state index < -0.39 is 23.7 Å². The first-order chi connectivity index (χ1) is 18.3. The molecular formula is C30H26FN3O4. The van der Waals surface area contributed by atoms with E-state index in [1.165, 1.54) is 29.3 Å². The van der Waals surface area contributed by atoms with Gasteiger partial charge in [-0.15, -0.1) is 0 Å². The minimum Gasteiger partial charge on any atom is -0.494 e. The van der Waals surface area contributed by atoms with Gasteiger partial charge < -0.3 is 9.30 Å². The highest BCUT2D eigenvalue weighted by Gasteiger charge is 2.37. The summed E-state index contributed by atoms with van der Waals surface area (Å²) >= 11 is 0. The lowest BCUT2D eigenvalue weighted by molar-refractivity contribution is -0.122. The first-order valence-corrected chi connectivity index (χ1v) is 12.3. The van der Waals surface area contributed by atoms with Crippen molar-refractivity contribution >= 4 is 40.5 Å². The number of amides is 4. The van der Waals surface area contributed by atoms with Gasteiger partial charge in [-0.05, 0) is 79.9 Å². The van der Waals surface area contributed by atoms with E-state index in [1.54, 1.807) is 0 Å². The van der Waals surface area contributed by atoms with Crippen molar-refractivity contribution in [2.75, 3.05) is 11.5 Å². The number of hydrogen-bond donors (Lipinski definition) is 1. The Bertz CT molecular complexity index is 1590. The molecule has 8 heteroatoms. The molecule has 2 heterocycles. The fourth-order valence-electron chi connectivity index (χ4n) is 4.44. The van der Waals surface area contributed by atoms with Crippen LogP contribution in [-0.2, 0) is 16.1 Å². The molecule has 4 aromatic rings. The molecule has 0 radical (unpaired) electrons. The number of anilines is 1. The number of imide groups is 2. The summed E-state index contributed by atoms with van der Waals surface area (Å²) < 4.78 is 21.3. The molecule has 5 rings (SSSR count). The molecule has 192 valence electrons. The molecule has 1 aromatic heterocycles. The maximum absolute atomic E-state index is 13.4. The van der Waals surface area contributed by atoms with E-state index in [0.29, 0.717) is 18.7 Å². The second-order valence-electron chi connectivity index (χ2n) is 9.18. The molecule has 0 aliphatic carbocycles. The molecule has 0 bridgehead atoms. The lowest BCUT2D eigenvalue weighted by Crippen LogP contribution is -2.54. The van der Waals surface area contributed by atoms with E-state index in [9.17, 15) is 18.8 Å². The topological polar surface area (TPSA) is 80.6 Å². The molecule has 38 heavy (non-hydrogen) atoms. The largest absolute Gasteiger partial charge is 0.494 e. The summed E-state index contributed by atoms with van der Waals surface area (Å²) in [4.78, 5) is 39.1. The van der Waals surface area contributed by atoms with Crippen LogP contribution in [0.15, 0.2) is 78.5 Å². The molecule has 0 spiro atoms. The van der Waals surface area contributed by atoms with Crippen LogP contribution >= 0.6 is 0 Å². The van der Waals surface area contributed by atoms with Gasteiger partial charge in [0.15, 0.2) is 0 Å². The van der Waals surface area contributed by atoms with Crippen LogP contribution < -0.4 is 15.0 Å². The second kappa shape index (κ2) is 10.3. The molecule has 7 nitrogen and oxygen atoms in total.